The van der Waals surface area contributed by atoms with Crippen LogP contribution >= 0.6 is 0 Å². The molecule has 2 aromatic rings. The Hall–Kier alpha value is -2.42. The molecule has 0 spiro atoms. The lowest BCUT2D eigenvalue weighted by Crippen LogP contribution is -2.30. The van der Waals surface area contributed by atoms with Gasteiger partial charge in [0.25, 0.3) is 0 Å². The smallest absolute Gasteiger partial charge is 0.159 e. The summed E-state index contributed by atoms with van der Waals surface area (Å²) in [4.78, 5) is 13.9. The van der Waals surface area contributed by atoms with Crippen molar-refractivity contribution in [2.45, 2.75) is 18.9 Å². The van der Waals surface area contributed by atoms with Crippen molar-refractivity contribution in [1.82, 2.24) is 4.90 Å². The van der Waals surface area contributed by atoms with Gasteiger partial charge in [0, 0.05) is 19.2 Å². The first-order valence-electron chi connectivity index (χ1n) is 7.48. The van der Waals surface area contributed by atoms with Crippen LogP contribution in [0.25, 0.3) is 0 Å². The van der Waals surface area contributed by atoms with E-state index in [0.29, 0.717) is 6.42 Å². The highest BCUT2D eigenvalue weighted by Gasteiger charge is 2.23. The summed E-state index contributed by atoms with van der Waals surface area (Å²) >= 11 is 0. The van der Waals surface area contributed by atoms with Crippen LogP contribution in [0.5, 0.6) is 0 Å². The number of hydrogen-bond acceptors (Lipinski definition) is 2. The Balaban J connectivity index is 1.76. The van der Waals surface area contributed by atoms with Crippen LogP contribution in [0.2, 0.25) is 0 Å². The minimum absolute atomic E-state index is 0.0122. The first-order chi connectivity index (χ1) is 10.7. The van der Waals surface area contributed by atoms with Crippen LogP contribution in [0.4, 0.5) is 4.39 Å². The summed E-state index contributed by atoms with van der Waals surface area (Å²) in [6.45, 7) is 0.829. The van der Waals surface area contributed by atoms with Gasteiger partial charge in [0.2, 0.25) is 0 Å². The quantitative estimate of drug-likeness (QED) is 0.852. The molecule has 0 radical (unpaired) electrons. The van der Waals surface area contributed by atoms with E-state index in [1.165, 1.54) is 17.7 Å². The lowest BCUT2D eigenvalue weighted by Gasteiger charge is -2.33. The molecule has 0 aliphatic carbocycles. The highest BCUT2D eigenvalue weighted by atomic mass is 19.1. The van der Waals surface area contributed by atoms with Crippen LogP contribution < -0.4 is 0 Å². The molecule has 0 bridgehead atoms. The molecule has 1 atom stereocenters. The predicted molar refractivity (Wildman–Crippen MR) is 84.8 cm³/mol. The molecule has 1 unspecified atom stereocenters. The lowest BCUT2D eigenvalue weighted by atomic mass is 9.96. The van der Waals surface area contributed by atoms with Gasteiger partial charge in [0.05, 0.1) is 6.04 Å². The van der Waals surface area contributed by atoms with E-state index in [1.54, 1.807) is 18.2 Å². The number of hydrogen-bond donors (Lipinski definition) is 0. The molecule has 3 rings (SSSR count). The molecule has 2 nitrogen and oxygen atoms in total. The number of ketones is 1. The van der Waals surface area contributed by atoms with E-state index in [1.807, 2.05) is 24.4 Å². The van der Waals surface area contributed by atoms with Gasteiger partial charge in [-0.3, -0.25) is 4.79 Å². The number of benzene rings is 2. The fourth-order valence-corrected chi connectivity index (χ4v) is 2.79. The molecule has 1 heterocycles. The zero-order valence-corrected chi connectivity index (χ0v) is 12.3. The van der Waals surface area contributed by atoms with Crippen molar-refractivity contribution in [2.75, 3.05) is 6.54 Å². The molecule has 3 heteroatoms. The highest BCUT2D eigenvalue weighted by Crippen LogP contribution is 2.28. The molecule has 0 saturated heterocycles. The van der Waals surface area contributed by atoms with Gasteiger partial charge in [-0.25, -0.2) is 4.39 Å². The van der Waals surface area contributed by atoms with Crippen LogP contribution in [-0.4, -0.2) is 17.2 Å². The fourth-order valence-electron chi connectivity index (χ4n) is 2.79. The Labute approximate surface area is 129 Å². The fraction of sp³-hybridized carbons (Fsp3) is 0.211. The molecule has 0 amide bonds. The van der Waals surface area contributed by atoms with Gasteiger partial charge in [-0.1, -0.05) is 42.5 Å². The number of allylic oxidation sites excluding steroid dienone is 1. The van der Waals surface area contributed by atoms with E-state index >= 15 is 0 Å². The summed E-state index contributed by atoms with van der Waals surface area (Å²) in [7, 11) is 0. The summed E-state index contributed by atoms with van der Waals surface area (Å²) in [6, 6.07) is 16.7. The second-order valence-corrected chi connectivity index (χ2v) is 5.53. The maximum atomic E-state index is 13.1. The molecule has 2 aromatic carbocycles. The standard InChI is InChI=1S/C19H18FNO/c20-17-8-6-16(7-9-17)19-14-18(22)11-13-21(19)12-10-15-4-2-1-3-5-15/h1-9,11,13,19H,10,12,14H2. The van der Waals surface area contributed by atoms with Crippen LogP contribution in [0.1, 0.15) is 23.6 Å². The summed E-state index contributed by atoms with van der Waals surface area (Å²) in [5.74, 6) is -0.137. The Morgan fingerprint density at radius 1 is 1.05 bits per heavy atom. The molecule has 0 aromatic heterocycles. The van der Waals surface area contributed by atoms with Crippen molar-refractivity contribution in [1.29, 1.82) is 0 Å². The van der Waals surface area contributed by atoms with Gasteiger partial charge in [-0.15, -0.1) is 0 Å². The summed E-state index contributed by atoms with van der Waals surface area (Å²) in [5.41, 5.74) is 2.25. The molecule has 0 fully saturated rings. The Bertz CT molecular complexity index is 664. The number of rotatable bonds is 4. The molecule has 0 N–H and O–H groups in total. The zero-order valence-electron chi connectivity index (χ0n) is 12.3. The third-order valence-electron chi connectivity index (χ3n) is 4.00. The molecule has 1 aliphatic rings. The number of nitrogens with zero attached hydrogens (tertiary/aromatic N) is 1. The molecular weight excluding hydrogens is 277 g/mol. The van der Waals surface area contributed by atoms with E-state index in [0.717, 1.165) is 18.5 Å². The average molecular weight is 295 g/mol. The van der Waals surface area contributed by atoms with E-state index in [2.05, 4.69) is 17.0 Å². The highest BCUT2D eigenvalue weighted by molar-refractivity contribution is 5.90. The first-order valence-corrected chi connectivity index (χ1v) is 7.48. The predicted octanol–water partition coefficient (Wildman–Crippen LogP) is 3.90. The van der Waals surface area contributed by atoms with Gasteiger partial charge in [0.15, 0.2) is 5.78 Å². The van der Waals surface area contributed by atoms with E-state index in [4.69, 9.17) is 0 Å². The second-order valence-electron chi connectivity index (χ2n) is 5.53. The normalized spacial score (nSPS) is 17.8. The van der Waals surface area contributed by atoms with Crippen molar-refractivity contribution in [2.24, 2.45) is 0 Å². The van der Waals surface area contributed by atoms with E-state index in [9.17, 15) is 9.18 Å². The summed E-state index contributed by atoms with van der Waals surface area (Å²) in [6.07, 6.45) is 4.85. The Kier molecular flexibility index (Phi) is 4.33. The average Bonchev–Trinajstić information content (AvgIpc) is 2.55. The monoisotopic (exact) mass is 295 g/mol. The van der Waals surface area contributed by atoms with Crippen molar-refractivity contribution in [3.63, 3.8) is 0 Å². The third-order valence-corrected chi connectivity index (χ3v) is 4.00. The SMILES string of the molecule is O=C1C=CN(CCc2ccccc2)C(c2ccc(F)cc2)C1. The maximum absolute atomic E-state index is 13.1. The Morgan fingerprint density at radius 3 is 2.50 bits per heavy atom. The van der Waals surface area contributed by atoms with Crippen LogP contribution in [-0.2, 0) is 11.2 Å². The van der Waals surface area contributed by atoms with Crippen molar-refractivity contribution in [3.05, 3.63) is 83.8 Å². The number of halogens is 1. The maximum Gasteiger partial charge on any atom is 0.159 e. The van der Waals surface area contributed by atoms with E-state index < -0.39 is 0 Å². The molecule has 22 heavy (non-hydrogen) atoms. The van der Waals surface area contributed by atoms with Gasteiger partial charge in [-0.05, 0) is 35.8 Å². The van der Waals surface area contributed by atoms with Gasteiger partial charge in [-0.2, -0.15) is 0 Å². The van der Waals surface area contributed by atoms with Gasteiger partial charge in [0.1, 0.15) is 5.82 Å². The van der Waals surface area contributed by atoms with Gasteiger partial charge < -0.3 is 4.90 Å². The minimum Gasteiger partial charge on any atom is -0.369 e. The lowest BCUT2D eigenvalue weighted by molar-refractivity contribution is -0.116. The van der Waals surface area contributed by atoms with E-state index in [-0.39, 0.29) is 17.6 Å². The van der Waals surface area contributed by atoms with Crippen molar-refractivity contribution in [3.8, 4) is 0 Å². The van der Waals surface area contributed by atoms with Crippen molar-refractivity contribution >= 4 is 5.78 Å². The summed E-state index contributed by atoms with van der Waals surface area (Å²) < 4.78 is 13.1. The second kappa shape index (κ2) is 6.56. The zero-order chi connectivity index (χ0) is 15.4. The largest absolute Gasteiger partial charge is 0.369 e. The van der Waals surface area contributed by atoms with Crippen LogP contribution in [0.15, 0.2) is 66.9 Å². The number of carbonyl (C=O) groups excluding carboxylic acids is 1. The Morgan fingerprint density at radius 2 is 1.77 bits per heavy atom. The third kappa shape index (κ3) is 3.42. The molecule has 1 aliphatic heterocycles. The van der Waals surface area contributed by atoms with Crippen LogP contribution in [0.3, 0.4) is 0 Å². The topological polar surface area (TPSA) is 20.3 Å². The molecule has 112 valence electrons. The summed E-state index contributed by atoms with van der Waals surface area (Å²) in [5, 5.41) is 0. The first kappa shape index (κ1) is 14.5. The molecular formula is C19H18FNO. The van der Waals surface area contributed by atoms with Crippen molar-refractivity contribution < 1.29 is 9.18 Å². The van der Waals surface area contributed by atoms with Gasteiger partial charge >= 0.3 is 0 Å². The molecule has 0 saturated carbocycles. The number of carbonyl (C=O) groups is 1. The van der Waals surface area contributed by atoms with Crippen LogP contribution in [0, 0.1) is 5.82 Å². The minimum atomic E-state index is -0.253.